The Balaban J connectivity index is 0.000000520. The van der Waals surface area contributed by atoms with Gasteiger partial charge in [0.1, 0.15) is 5.82 Å². The Labute approximate surface area is 202 Å². The smallest absolute Gasteiger partial charge is 0.290 e. The number of nitrogens with zero attached hydrogens (tertiary/aromatic N) is 2. The van der Waals surface area contributed by atoms with E-state index in [-0.39, 0.29) is 31.0 Å². The first-order valence-electron chi connectivity index (χ1n) is 11.3. The van der Waals surface area contributed by atoms with Gasteiger partial charge in [0, 0.05) is 25.2 Å². The van der Waals surface area contributed by atoms with Crippen molar-refractivity contribution in [1.82, 2.24) is 20.2 Å². The van der Waals surface area contributed by atoms with Crippen LogP contribution in [0.15, 0.2) is 48.5 Å². The number of hydrogen-bond acceptors (Lipinski definition) is 6. The lowest BCUT2D eigenvalue weighted by molar-refractivity contribution is -0.123. The van der Waals surface area contributed by atoms with Crippen molar-refractivity contribution in [2.75, 3.05) is 19.7 Å². The third-order valence-electron chi connectivity index (χ3n) is 5.98. The zero-order valence-electron chi connectivity index (χ0n) is 19.5. The average molecular weight is 483 g/mol. The molecule has 0 radical (unpaired) electrons. The van der Waals surface area contributed by atoms with Gasteiger partial charge in [-0.2, -0.15) is 0 Å². The first kappa shape index (κ1) is 25.9. The SMILES string of the molecule is Cc1nc2ccc(CC(=O)N[C@@H]3C[C@H]4CO[C@@H](c5ccccc5)CN4C3)cc2[nH]1.O=CO.O=CO. The summed E-state index contributed by atoms with van der Waals surface area (Å²) in [5.74, 6) is 0.964. The molecule has 2 aliphatic heterocycles. The standard InChI is InChI=1S/C23H26N4O2.2CH2O2/c1-15-24-20-8-7-16(9-21(20)25-15)10-23(28)26-18-11-19-14-29-22(13-27(19)12-18)17-5-3-2-4-6-17;2*2-1-3/h2-9,18-19,22H,10-14H2,1H3,(H,24,25)(H,26,28);2*1H,(H,2,3)/t18-,19+,22-;;/m1../s1. The fourth-order valence-corrected chi connectivity index (χ4v) is 4.61. The normalized spacial score (nSPS) is 21.0. The number of benzene rings is 2. The largest absolute Gasteiger partial charge is 0.483 e. The molecule has 3 aromatic rings. The molecule has 4 N–H and O–H groups in total. The van der Waals surface area contributed by atoms with E-state index in [1.165, 1.54) is 5.56 Å². The van der Waals surface area contributed by atoms with Crippen LogP contribution in [-0.4, -0.2) is 75.7 Å². The lowest BCUT2D eigenvalue weighted by Gasteiger charge is -2.35. The number of fused-ring (bicyclic) bond motifs is 2. The van der Waals surface area contributed by atoms with Crippen LogP contribution < -0.4 is 5.32 Å². The summed E-state index contributed by atoms with van der Waals surface area (Å²) in [4.78, 5) is 39.4. The molecule has 2 aromatic carbocycles. The molecule has 5 rings (SSSR count). The molecule has 3 heterocycles. The first-order chi connectivity index (χ1) is 17.0. The number of morpholine rings is 1. The zero-order chi connectivity index (χ0) is 25.2. The number of carboxylic acid groups (broad SMARTS) is 2. The van der Waals surface area contributed by atoms with Crippen molar-refractivity contribution in [2.45, 2.75) is 38.0 Å². The Hall–Kier alpha value is -3.76. The minimum Gasteiger partial charge on any atom is -0.483 e. The number of imidazole rings is 1. The molecule has 10 heteroatoms. The van der Waals surface area contributed by atoms with Crippen LogP contribution in [0.5, 0.6) is 0 Å². The molecule has 186 valence electrons. The van der Waals surface area contributed by atoms with E-state index in [0.29, 0.717) is 12.5 Å². The average Bonchev–Trinajstić information content (AvgIpc) is 3.41. The predicted molar refractivity (Wildman–Crippen MR) is 129 cm³/mol. The van der Waals surface area contributed by atoms with Gasteiger partial charge in [0.15, 0.2) is 0 Å². The fourth-order valence-electron chi connectivity index (χ4n) is 4.61. The fraction of sp³-hybridized carbons (Fsp3) is 0.360. The van der Waals surface area contributed by atoms with Crippen molar-refractivity contribution >= 4 is 29.9 Å². The predicted octanol–water partition coefficient (Wildman–Crippen LogP) is 2.15. The Kier molecular flexibility index (Phi) is 9.33. The highest BCUT2D eigenvalue weighted by molar-refractivity contribution is 5.82. The van der Waals surface area contributed by atoms with Crippen LogP contribution in [0, 0.1) is 6.92 Å². The Morgan fingerprint density at radius 2 is 1.89 bits per heavy atom. The molecule has 2 aliphatic rings. The summed E-state index contributed by atoms with van der Waals surface area (Å²) in [5.41, 5.74) is 4.15. The lowest BCUT2D eigenvalue weighted by Crippen LogP contribution is -2.43. The second kappa shape index (κ2) is 12.6. The number of amides is 1. The summed E-state index contributed by atoms with van der Waals surface area (Å²) >= 11 is 0. The van der Waals surface area contributed by atoms with E-state index < -0.39 is 0 Å². The van der Waals surface area contributed by atoms with E-state index >= 15 is 0 Å². The Morgan fingerprint density at radius 1 is 1.17 bits per heavy atom. The molecule has 1 amide bonds. The van der Waals surface area contributed by atoms with E-state index in [0.717, 1.165) is 48.5 Å². The lowest BCUT2D eigenvalue weighted by atomic mass is 10.1. The minimum absolute atomic E-state index is 0.0750. The second-order valence-corrected chi connectivity index (χ2v) is 8.40. The molecular formula is C25H30N4O6. The molecule has 0 unspecified atom stereocenters. The number of carbonyl (C=O) groups excluding carboxylic acids is 1. The molecule has 0 aliphatic carbocycles. The van der Waals surface area contributed by atoms with Gasteiger partial charge in [-0.05, 0) is 36.6 Å². The zero-order valence-corrected chi connectivity index (χ0v) is 19.5. The molecular weight excluding hydrogens is 452 g/mol. The van der Waals surface area contributed by atoms with Crippen molar-refractivity contribution in [3.8, 4) is 0 Å². The third-order valence-corrected chi connectivity index (χ3v) is 5.98. The number of aryl methyl sites for hydroxylation is 1. The quantitative estimate of drug-likeness (QED) is 0.414. The summed E-state index contributed by atoms with van der Waals surface area (Å²) in [6, 6.07) is 16.9. The van der Waals surface area contributed by atoms with Crippen molar-refractivity contribution in [2.24, 2.45) is 0 Å². The Morgan fingerprint density at radius 3 is 2.60 bits per heavy atom. The number of rotatable bonds is 4. The van der Waals surface area contributed by atoms with E-state index in [9.17, 15) is 4.79 Å². The summed E-state index contributed by atoms with van der Waals surface area (Å²) in [7, 11) is 0. The molecule has 0 spiro atoms. The number of ether oxygens (including phenoxy) is 1. The number of H-pyrrole nitrogens is 1. The van der Waals surface area contributed by atoms with Gasteiger partial charge in [0.2, 0.25) is 5.91 Å². The van der Waals surface area contributed by atoms with Gasteiger partial charge in [-0.25, -0.2) is 4.98 Å². The maximum Gasteiger partial charge on any atom is 0.290 e. The van der Waals surface area contributed by atoms with Crippen molar-refractivity contribution < 1.29 is 29.3 Å². The highest BCUT2D eigenvalue weighted by Crippen LogP contribution is 2.30. The number of carbonyl (C=O) groups is 3. The van der Waals surface area contributed by atoms with Crippen molar-refractivity contribution in [3.05, 3.63) is 65.5 Å². The van der Waals surface area contributed by atoms with Gasteiger partial charge in [-0.1, -0.05) is 36.4 Å². The van der Waals surface area contributed by atoms with Gasteiger partial charge < -0.3 is 25.3 Å². The molecule has 0 saturated carbocycles. The van der Waals surface area contributed by atoms with Gasteiger partial charge in [-0.3, -0.25) is 19.3 Å². The second-order valence-electron chi connectivity index (χ2n) is 8.40. The van der Waals surface area contributed by atoms with Crippen LogP contribution in [-0.2, 0) is 25.5 Å². The van der Waals surface area contributed by atoms with Gasteiger partial charge in [0.25, 0.3) is 12.9 Å². The minimum atomic E-state index is -0.250. The molecule has 1 aromatic heterocycles. The van der Waals surface area contributed by atoms with Crippen LogP contribution in [0.2, 0.25) is 0 Å². The van der Waals surface area contributed by atoms with E-state index in [2.05, 4.69) is 44.5 Å². The van der Waals surface area contributed by atoms with Gasteiger partial charge in [-0.15, -0.1) is 0 Å². The van der Waals surface area contributed by atoms with E-state index in [1.807, 2.05) is 31.2 Å². The van der Waals surface area contributed by atoms with Crippen LogP contribution in [0.25, 0.3) is 11.0 Å². The molecule has 2 saturated heterocycles. The van der Waals surface area contributed by atoms with Crippen LogP contribution >= 0.6 is 0 Å². The first-order valence-corrected chi connectivity index (χ1v) is 11.3. The number of aromatic amines is 1. The summed E-state index contributed by atoms with van der Waals surface area (Å²) in [6.45, 7) is 3.94. The number of aromatic nitrogens is 2. The summed E-state index contributed by atoms with van der Waals surface area (Å²) in [6.07, 6.45) is 1.45. The van der Waals surface area contributed by atoms with Crippen LogP contribution in [0.1, 0.15) is 29.5 Å². The molecule has 2 fully saturated rings. The molecule has 3 atom stereocenters. The van der Waals surface area contributed by atoms with Crippen LogP contribution in [0.3, 0.4) is 0 Å². The number of hydrogen-bond donors (Lipinski definition) is 4. The van der Waals surface area contributed by atoms with Crippen LogP contribution in [0.4, 0.5) is 0 Å². The maximum absolute atomic E-state index is 12.6. The third kappa shape index (κ3) is 7.11. The van der Waals surface area contributed by atoms with Crippen molar-refractivity contribution in [1.29, 1.82) is 0 Å². The topological polar surface area (TPSA) is 145 Å². The maximum atomic E-state index is 12.6. The molecule has 35 heavy (non-hydrogen) atoms. The van der Waals surface area contributed by atoms with E-state index in [4.69, 9.17) is 24.5 Å². The van der Waals surface area contributed by atoms with Gasteiger partial charge >= 0.3 is 0 Å². The molecule has 10 nitrogen and oxygen atoms in total. The Bertz CT molecular complexity index is 1110. The van der Waals surface area contributed by atoms with E-state index in [1.54, 1.807) is 0 Å². The monoisotopic (exact) mass is 482 g/mol. The van der Waals surface area contributed by atoms with Crippen molar-refractivity contribution in [3.63, 3.8) is 0 Å². The summed E-state index contributed by atoms with van der Waals surface area (Å²) in [5, 5.41) is 17.0. The highest BCUT2D eigenvalue weighted by atomic mass is 16.5. The number of nitrogens with one attached hydrogen (secondary N) is 2. The molecule has 0 bridgehead atoms. The van der Waals surface area contributed by atoms with Gasteiger partial charge in [0.05, 0.1) is 30.2 Å². The highest BCUT2D eigenvalue weighted by Gasteiger charge is 2.38. The summed E-state index contributed by atoms with van der Waals surface area (Å²) < 4.78 is 6.11.